The van der Waals surface area contributed by atoms with Gasteiger partial charge >= 0.3 is 5.97 Å². The van der Waals surface area contributed by atoms with E-state index in [0.717, 1.165) is 0 Å². The molecule has 1 N–H and O–H groups in total. The van der Waals surface area contributed by atoms with Gasteiger partial charge in [0.15, 0.2) is 0 Å². The Morgan fingerprint density at radius 3 is 2.56 bits per heavy atom. The minimum Gasteiger partial charge on any atom is -0.508 e. The van der Waals surface area contributed by atoms with E-state index in [1.54, 1.807) is 0 Å². The summed E-state index contributed by atoms with van der Waals surface area (Å²) in [6, 6.07) is 6.28. The van der Waals surface area contributed by atoms with Crippen LogP contribution in [-0.4, -0.2) is 18.2 Å². The summed E-state index contributed by atoms with van der Waals surface area (Å²) in [6.07, 6.45) is 0.00798. The molecule has 0 aliphatic rings. The lowest BCUT2D eigenvalue weighted by Crippen LogP contribution is -2.04. The lowest BCUT2D eigenvalue weighted by atomic mass is 10.1. The predicted octanol–water partition coefficient (Wildman–Crippen LogP) is 2.01. The van der Waals surface area contributed by atoms with E-state index in [1.807, 2.05) is 19.9 Å². The molecule has 0 radical (unpaired) electrons. The molecule has 0 saturated carbocycles. The number of carbonyl (C=O) groups is 1. The van der Waals surface area contributed by atoms with E-state index in [-0.39, 0.29) is 12.2 Å². The molecule has 0 unspecified atom stereocenters. The first-order chi connectivity index (χ1) is 7.67. The average Bonchev–Trinajstić information content (AvgIpc) is 2.34. The van der Waals surface area contributed by atoms with Crippen molar-refractivity contribution < 1.29 is 14.6 Å². The molecule has 0 heterocycles. The van der Waals surface area contributed by atoms with Crippen molar-refractivity contribution in [2.75, 3.05) is 7.11 Å². The van der Waals surface area contributed by atoms with Crippen molar-refractivity contribution in [1.82, 2.24) is 0 Å². The highest BCUT2D eigenvalue weighted by Gasteiger charge is 2.07. The monoisotopic (exact) mass is 221 g/mol. The van der Waals surface area contributed by atoms with E-state index in [9.17, 15) is 9.90 Å². The van der Waals surface area contributed by atoms with Gasteiger partial charge < -0.3 is 9.84 Å². The molecular weight excluding hydrogens is 206 g/mol. The fourth-order valence-electron chi connectivity index (χ4n) is 1.01. The highest BCUT2D eigenvalue weighted by molar-refractivity contribution is 5.73. The van der Waals surface area contributed by atoms with E-state index in [4.69, 9.17) is 5.26 Å². The van der Waals surface area contributed by atoms with Crippen molar-refractivity contribution in [3.8, 4) is 11.8 Å². The minimum atomic E-state index is -0.426. The molecule has 0 bridgehead atoms. The Hall–Kier alpha value is -2.02. The Morgan fingerprint density at radius 1 is 1.50 bits per heavy atom. The van der Waals surface area contributed by atoms with Crippen LogP contribution in [0.25, 0.3) is 0 Å². The first-order valence-corrected chi connectivity index (χ1v) is 4.96. The third kappa shape index (κ3) is 4.01. The number of phenols is 1. The number of rotatable bonds is 2. The zero-order chi connectivity index (χ0) is 12.6. The van der Waals surface area contributed by atoms with Gasteiger partial charge in [-0.1, -0.05) is 19.9 Å². The molecule has 86 valence electrons. The smallest absolute Gasteiger partial charge is 0.310 e. The summed E-state index contributed by atoms with van der Waals surface area (Å²) in [4.78, 5) is 10.9. The number of nitriles is 1. The Balaban J connectivity index is 0.00000106. The first kappa shape index (κ1) is 14.0. The fourth-order valence-corrected chi connectivity index (χ4v) is 1.01. The standard InChI is InChI=1S/C10H9NO3.C2H6/c1-14-10(13)5-8-3-2-7(6-11)4-9(8)12;1-2/h2-4,12H,5H2,1H3;1-2H3. The SMILES string of the molecule is CC.COC(=O)Cc1ccc(C#N)cc1O. The highest BCUT2D eigenvalue weighted by atomic mass is 16.5. The average molecular weight is 221 g/mol. The van der Waals surface area contributed by atoms with Crippen LogP contribution in [0.4, 0.5) is 0 Å². The molecular formula is C12H15NO3. The third-order valence-electron chi connectivity index (χ3n) is 1.78. The summed E-state index contributed by atoms with van der Waals surface area (Å²) in [5.74, 6) is -0.487. The predicted molar refractivity (Wildman–Crippen MR) is 59.9 cm³/mol. The maximum Gasteiger partial charge on any atom is 0.310 e. The van der Waals surface area contributed by atoms with Gasteiger partial charge in [0.2, 0.25) is 0 Å². The van der Waals surface area contributed by atoms with Crippen molar-refractivity contribution in [2.45, 2.75) is 20.3 Å². The largest absolute Gasteiger partial charge is 0.508 e. The third-order valence-corrected chi connectivity index (χ3v) is 1.78. The van der Waals surface area contributed by atoms with Gasteiger partial charge in [0.1, 0.15) is 5.75 Å². The quantitative estimate of drug-likeness (QED) is 0.775. The van der Waals surface area contributed by atoms with Crippen LogP contribution in [0.2, 0.25) is 0 Å². The maximum atomic E-state index is 10.9. The zero-order valence-electron chi connectivity index (χ0n) is 9.65. The molecule has 0 spiro atoms. The van der Waals surface area contributed by atoms with Crippen LogP contribution >= 0.6 is 0 Å². The van der Waals surface area contributed by atoms with Gasteiger partial charge in [-0.25, -0.2) is 0 Å². The first-order valence-electron chi connectivity index (χ1n) is 4.96. The van der Waals surface area contributed by atoms with E-state index >= 15 is 0 Å². The molecule has 1 aromatic rings. The van der Waals surface area contributed by atoms with Gasteiger partial charge in [0, 0.05) is 5.56 Å². The molecule has 4 nitrogen and oxygen atoms in total. The van der Waals surface area contributed by atoms with Crippen molar-refractivity contribution in [3.63, 3.8) is 0 Å². The number of methoxy groups -OCH3 is 1. The number of esters is 1. The van der Waals surface area contributed by atoms with Gasteiger partial charge in [0.25, 0.3) is 0 Å². The van der Waals surface area contributed by atoms with Crippen molar-refractivity contribution in [1.29, 1.82) is 5.26 Å². The molecule has 4 heteroatoms. The molecule has 0 aliphatic carbocycles. The second-order valence-corrected chi connectivity index (χ2v) is 2.71. The second kappa shape index (κ2) is 7.30. The van der Waals surface area contributed by atoms with Crippen LogP contribution in [0.3, 0.4) is 0 Å². The molecule has 0 aliphatic heterocycles. The maximum absolute atomic E-state index is 10.9. The number of hydrogen-bond donors (Lipinski definition) is 1. The van der Waals surface area contributed by atoms with Gasteiger partial charge in [-0.05, 0) is 12.1 Å². The number of nitrogens with zero attached hydrogens (tertiary/aromatic N) is 1. The van der Waals surface area contributed by atoms with Crippen LogP contribution in [0, 0.1) is 11.3 Å². The number of benzene rings is 1. The van der Waals surface area contributed by atoms with Gasteiger partial charge in [-0.3, -0.25) is 4.79 Å². The van der Waals surface area contributed by atoms with Gasteiger partial charge in [-0.2, -0.15) is 5.26 Å². The number of aromatic hydroxyl groups is 1. The summed E-state index contributed by atoms with van der Waals surface area (Å²) in [5.41, 5.74) is 0.812. The Labute approximate surface area is 95.1 Å². The summed E-state index contributed by atoms with van der Waals surface area (Å²) >= 11 is 0. The fraction of sp³-hybridized carbons (Fsp3) is 0.333. The van der Waals surface area contributed by atoms with Crippen LogP contribution < -0.4 is 0 Å². The van der Waals surface area contributed by atoms with Crippen molar-refractivity contribution in [2.24, 2.45) is 0 Å². The topological polar surface area (TPSA) is 70.3 Å². The van der Waals surface area contributed by atoms with E-state index in [1.165, 1.54) is 25.3 Å². The lowest BCUT2D eigenvalue weighted by molar-refractivity contribution is -0.139. The second-order valence-electron chi connectivity index (χ2n) is 2.71. The minimum absolute atomic E-state index is 0.00798. The molecule has 0 amide bonds. The van der Waals surface area contributed by atoms with Crippen LogP contribution in [0.15, 0.2) is 18.2 Å². The summed E-state index contributed by atoms with van der Waals surface area (Å²) in [6.45, 7) is 4.00. The van der Waals surface area contributed by atoms with E-state index < -0.39 is 5.97 Å². The lowest BCUT2D eigenvalue weighted by Gasteiger charge is -2.02. The van der Waals surface area contributed by atoms with E-state index in [0.29, 0.717) is 11.1 Å². The molecule has 1 rings (SSSR count). The molecule has 0 atom stereocenters. The zero-order valence-corrected chi connectivity index (χ0v) is 9.65. The van der Waals surface area contributed by atoms with Crippen molar-refractivity contribution in [3.05, 3.63) is 29.3 Å². The number of phenolic OH excluding ortho intramolecular Hbond substituents is 1. The van der Waals surface area contributed by atoms with Gasteiger partial charge in [0.05, 0.1) is 25.2 Å². The normalized spacial score (nSPS) is 8.38. The summed E-state index contributed by atoms with van der Waals surface area (Å²) in [7, 11) is 1.28. The van der Waals surface area contributed by atoms with Crippen molar-refractivity contribution >= 4 is 5.97 Å². The molecule has 1 aromatic carbocycles. The molecule has 0 aromatic heterocycles. The molecule has 0 saturated heterocycles. The van der Waals surface area contributed by atoms with E-state index in [2.05, 4.69) is 4.74 Å². The molecule has 0 fully saturated rings. The number of hydrogen-bond acceptors (Lipinski definition) is 4. The van der Waals surface area contributed by atoms with Gasteiger partial charge in [-0.15, -0.1) is 0 Å². The molecule has 16 heavy (non-hydrogen) atoms. The Morgan fingerprint density at radius 2 is 2.12 bits per heavy atom. The number of carbonyl (C=O) groups excluding carboxylic acids is 1. The highest BCUT2D eigenvalue weighted by Crippen LogP contribution is 2.19. The Bertz CT molecular complexity index is 394. The van der Waals surface area contributed by atoms with Crippen LogP contribution in [0.1, 0.15) is 25.0 Å². The Kier molecular flexibility index (Phi) is 6.37. The number of ether oxygens (including phenoxy) is 1. The summed E-state index contributed by atoms with van der Waals surface area (Å²) in [5, 5.41) is 17.9. The van der Waals surface area contributed by atoms with Crippen LogP contribution in [0.5, 0.6) is 5.75 Å². The summed E-state index contributed by atoms with van der Waals surface area (Å²) < 4.78 is 4.45. The van der Waals surface area contributed by atoms with Crippen LogP contribution in [-0.2, 0) is 16.0 Å².